The van der Waals surface area contributed by atoms with E-state index in [4.69, 9.17) is 28.9 Å². The van der Waals surface area contributed by atoms with Crippen molar-refractivity contribution in [3.8, 4) is 0 Å². The Bertz CT molecular complexity index is 990. The highest BCUT2D eigenvalue weighted by molar-refractivity contribution is 6.36. The van der Waals surface area contributed by atoms with Gasteiger partial charge < -0.3 is 10.6 Å². The zero-order valence-electron chi connectivity index (χ0n) is 16.9. The monoisotopic (exact) mass is 445 g/mol. The van der Waals surface area contributed by atoms with Crippen molar-refractivity contribution in [1.82, 2.24) is 15.1 Å². The van der Waals surface area contributed by atoms with Crippen LogP contribution >= 0.6 is 23.2 Å². The number of rotatable bonds is 5. The lowest BCUT2D eigenvalue weighted by molar-refractivity contribution is -0.133. The van der Waals surface area contributed by atoms with Crippen molar-refractivity contribution in [2.24, 2.45) is 16.6 Å². The van der Waals surface area contributed by atoms with E-state index in [1.807, 2.05) is 23.2 Å². The van der Waals surface area contributed by atoms with Crippen LogP contribution in [0.15, 0.2) is 29.5 Å². The second-order valence-electron chi connectivity index (χ2n) is 7.92. The van der Waals surface area contributed by atoms with Gasteiger partial charge >= 0.3 is 0 Å². The van der Waals surface area contributed by atoms with E-state index in [9.17, 15) is 4.79 Å². The molecule has 3 N–H and O–H groups in total. The third kappa shape index (κ3) is 3.98. The number of carbonyl (C=O) groups excluding carboxylic acids is 1. The molecule has 6 nitrogen and oxygen atoms in total. The lowest BCUT2D eigenvalue weighted by Crippen LogP contribution is -2.41. The molecule has 0 spiro atoms. The first-order valence-corrected chi connectivity index (χ1v) is 10.9. The number of aromatic nitrogens is 2. The predicted octanol–water partition coefficient (Wildman–Crippen LogP) is 3.67. The molecule has 1 aromatic carbocycles. The number of aromatic amines is 1. The molecule has 1 amide bonds. The molecular formula is C22H25Cl2N5O. The van der Waals surface area contributed by atoms with Gasteiger partial charge in [0.25, 0.3) is 0 Å². The van der Waals surface area contributed by atoms with Crippen molar-refractivity contribution in [2.75, 3.05) is 13.6 Å². The molecule has 2 aromatic rings. The van der Waals surface area contributed by atoms with Gasteiger partial charge in [0.2, 0.25) is 5.91 Å². The number of benzene rings is 1. The number of nitrogens with zero attached hydrogens (tertiary/aromatic N) is 3. The van der Waals surface area contributed by atoms with Gasteiger partial charge in [-0.15, -0.1) is 0 Å². The van der Waals surface area contributed by atoms with Crippen molar-refractivity contribution >= 4 is 40.9 Å². The fourth-order valence-corrected chi connectivity index (χ4v) is 5.18. The maximum atomic E-state index is 13.2. The molecule has 158 valence electrons. The number of hydrogen-bond acceptors (Lipinski definition) is 4. The smallest absolute Gasteiger partial charge is 0.226 e. The molecule has 0 saturated carbocycles. The molecular weight excluding hydrogens is 421 g/mol. The molecule has 1 fully saturated rings. The summed E-state index contributed by atoms with van der Waals surface area (Å²) in [6.45, 7) is 0.779. The number of allylic oxidation sites excluding steroid dienone is 1. The minimum atomic E-state index is -0.0988. The summed E-state index contributed by atoms with van der Waals surface area (Å²) < 4.78 is 0. The minimum absolute atomic E-state index is 0.0988. The Morgan fingerprint density at radius 1 is 1.37 bits per heavy atom. The Labute approximate surface area is 186 Å². The fraction of sp³-hybridized carbons (Fsp3) is 0.409. The van der Waals surface area contributed by atoms with Crippen LogP contribution in [-0.2, 0) is 24.1 Å². The highest BCUT2D eigenvalue weighted by Crippen LogP contribution is 2.35. The number of aliphatic imine (C=N–C) groups is 1. The summed E-state index contributed by atoms with van der Waals surface area (Å²) in [7, 11) is 1.68. The van der Waals surface area contributed by atoms with E-state index in [1.54, 1.807) is 13.3 Å². The normalized spacial score (nSPS) is 22.2. The molecule has 0 radical (unpaired) electrons. The van der Waals surface area contributed by atoms with Gasteiger partial charge in [-0.3, -0.25) is 14.9 Å². The number of fused-ring (bicyclic) bond motifs is 1. The molecule has 4 rings (SSSR count). The van der Waals surface area contributed by atoms with E-state index in [1.165, 1.54) is 17.5 Å². The van der Waals surface area contributed by atoms with Gasteiger partial charge in [-0.25, -0.2) is 0 Å². The quantitative estimate of drug-likeness (QED) is 0.688. The molecule has 8 heteroatoms. The van der Waals surface area contributed by atoms with Crippen molar-refractivity contribution < 1.29 is 4.79 Å². The Hall–Kier alpha value is -2.31. The second kappa shape index (κ2) is 8.82. The van der Waals surface area contributed by atoms with Crippen molar-refractivity contribution in [3.63, 3.8) is 0 Å². The third-order valence-electron chi connectivity index (χ3n) is 6.15. The van der Waals surface area contributed by atoms with Gasteiger partial charge in [0.05, 0.1) is 6.20 Å². The van der Waals surface area contributed by atoms with E-state index in [0.29, 0.717) is 16.5 Å². The maximum Gasteiger partial charge on any atom is 0.226 e. The van der Waals surface area contributed by atoms with Crippen LogP contribution in [0.25, 0.3) is 5.57 Å². The summed E-state index contributed by atoms with van der Waals surface area (Å²) in [5.41, 5.74) is 10.5. The molecule has 30 heavy (non-hydrogen) atoms. The number of carbonyl (C=O) groups is 1. The fourth-order valence-electron chi connectivity index (χ4n) is 4.54. The topological polar surface area (TPSA) is 87.4 Å². The van der Waals surface area contributed by atoms with E-state index >= 15 is 0 Å². The zero-order chi connectivity index (χ0) is 21.3. The summed E-state index contributed by atoms with van der Waals surface area (Å²) in [6.07, 6.45) is 9.15. The number of hydrogen-bond donors (Lipinski definition) is 2. The van der Waals surface area contributed by atoms with Gasteiger partial charge in [-0.2, -0.15) is 5.10 Å². The molecule has 1 aromatic heterocycles. The average Bonchev–Trinajstić information content (AvgIpc) is 3.34. The van der Waals surface area contributed by atoms with Crippen LogP contribution in [0.3, 0.4) is 0 Å². The number of nitrogens with two attached hydrogens (primary N) is 1. The predicted molar refractivity (Wildman–Crippen MR) is 121 cm³/mol. The van der Waals surface area contributed by atoms with E-state index in [-0.39, 0.29) is 17.9 Å². The Morgan fingerprint density at radius 2 is 2.13 bits per heavy atom. The van der Waals surface area contributed by atoms with Gasteiger partial charge in [0.1, 0.15) is 0 Å². The van der Waals surface area contributed by atoms with Crippen LogP contribution in [0, 0.1) is 5.92 Å². The molecule has 1 saturated heterocycles. The summed E-state index contributed by atoms with van der Waals surface area (Å²) in [4.78, 5) is 19.2. The van der Waals surface area contributed by atoms with Gasteiger partial charge in [-0.1, -0.05) is 23.2 Å². The number of nitrogens with one attached hydrogen (secondary N) is 1. The van der Waals surface area contributed by atoms with Crippen LogP contribution in [0.5, 0.6) is 0 Å². The summed E-state index contributed by atoms with van der Waals surface area (Å²) in [5.74, 6) is 0.0992. The van der Waals surface area contributed by atoms with Crippen LogP contribution < -0.4 is 5.73 Å². The van der Waals surface area contributed by atoms with Gasteiger partial charge in [0, 0.05) is 59.3 Å². The molecule has 0 bridgehead atoms. The van der Waals surface area contributed by atoms with Crippen molar-refractivity contribution in [3.05, 3.63) is 57.0 Å². The zero-order valence-corrected chi connectivity index (χ0v) is 18.4. The molecule has 2 atom stereocenters. The lowest BCUT2D eigenvalue weighted by atomic mass is 9.92. The largest absolute Gasteiger partial charge is 0.404 e. The van der Waals surface area contributed by atoms with Crippen LogP contribution in [0.2, 0.25) is 10.0 Å². The van der Waals surface area contributed by atoms with Gasteiger partial charge in [0.15, 0.2) is 0 Å². The Balaban J connectivity index is 1.48. The SMILES string of the molecule is CN=CC(=CN)c1cc(Cl)c(CC2CCN(C3CCc4[nH]ncc4C3)C2=O)c(Cl)c1. The maximum absolute atomic E-state index is 13.2. The first-order valence-electron chi connectivity index (χ1n) is 10.2. The molecule has 1 aliphatic carbocycles. The Kier molecular flexibility index (Phi) is 6.16. The summed E-state index contributed by atoms with van der Waals surface area (Å²) in [5, 5.41) is 8.29. The standard InChI is InChI=1S/C22H25Cl2N5O/c1-26-11-16(10-25)14-8-19(23)18(20(24)9-14)7-13-4-5-29(22(13)30)17-2-3-21-15(6-17)12-27-28-21/h8-13,17H,2-7,25H2,1H3,(H,27,28). The van der Waals surface area contributed by atoms with Crippen LogP contribution in [-0.4, -0.2) is 46.9 Å². The van der Waals surface area contributed by atoms with Crippen molar-refractivity contribution in [1.29, 1.82) is 0 Å². The first-order chi connectivity index (χ1) is 14.5. The summed E-state index contributed by atoms with van der Waals surface area (Å²) in [6, 6.07) is 3.91. The van der Waals surface area contributed by atoms with Crippen LogP contribution in [0.1, 0.15) is 35.2 Å². The van der Waals surface area contributed by atoms with Gasteiger partial charge in [-0.05, 0) is 60.9 Å². The summed E-state index contributed by atoms with van der Waals surface area (Å²) >= 11 is 13.1. The lowest BCUT2D eigenvalue weighted by Gasteiger charge is -2.31. The highest BCUT2D eigenvalue weighted by Gasteiger charge is 2.37. The average molecular weight is 446 g/mol. The second-order valence-corrected chi connectivity index (χ2v) is 8.73. The van der Waals surface area contributed by atoms with Crippen molar-refractivity contribution in [2.45, 2.75) is 38.1 Å². The third-order valence-corrected chi connectivity index (χ3v) is 6.83. The van der Waals surface area contributed by atoms with E-state index in [0.717, 1.165) is 48.9 Å². The number of aryl methyl sites for hydroxylation is 1. The van der Waals surface area contributed by atoms with E-state index in [2.05, 4.69) is 15.2 Å². The molecule has 2 unspecified atom stereocenters. The first kappa shape index (κ1) is 20.9. The van der Waals surface area contributed by atoms with Crippen LogP contribution in [0.4, 0.5) is 0 Å². The number of halogens is 2. The molecule has 2 aliphatic rings. The number of likely N-dealkylation sites (tertiary alicyclic amines) is 1. The number of H-pyrrole nitrogens is 1. The molecule has 2 heterocycles. The highest BCUT2D eigenvalue weighted by atomic mass is 35.5. The number of amides is 1. The molecule has 1 aliphatic heterocycles. The van der Waals surface area contributed by atoms with E-state index < -0.39 is 0 Å². The Morgan fingerprint density at radius 3 is 2.83 bits per heavy atom. The minimum Gasteiger partial charge on any atom is -0.404 e.